The number of aromatic nitrogens is 3. The zero-order valence-corrected chi connectivity index (χ0v) is 9.55. The van der Waals surface area contributed by atoms with E-state index in [0.29, 0.717) is 18.1 Å². The Morgan fingerprint density at radius 2 is 2.28 bits per heavy atom. The summed E-state index contributed by atoms with van der Waals surface area (Å²) in [6.07, 6.45) is 2.29. The van der Waals surface area contributed by atoms with E-state index in [2.05, 4.69) is 15.1 Å². The molecule has 0 fully saturated rings. The van der Waals surface area contributed by atoms with Crippen LogP contribution >= 0.6 is 0 Å². The monoisotopic (exact) mass is 244 g/mol. The van der Waals surface area contributed by atoms with Gasteiger partial charge in [0.2, 0.25) is 5.89 Å². The van der Waals surface area contributed by atoms with Crippen LogP contribution in [0.15, 0.2) is 28.9 Å². The molecular formula is C12H12N4O2. The summed E-state index contributed by atoms with van der Waals surface area (Å²) in [5.74, 6) is 1.20. The van der Waals surface area contributed by atoms with Gasteiger partial charge in [0.05, 0.1) is 13.0 Å². The summed E-state index contributed by atoms with van der Waals surface area (Å²) in [6, 6.07) is 5.34. The number of aromatic hydroxyl groups is 1. The first-order chi connectivity index (χ1) is 8.78. The molecule has 0 spiro atoms. The Labute approximate surface area is 102 Å². The van der Waals surface area contributed by atoms with Crippen LogP contribution in [0.2, 0.25) is 0 Å². The number of phenolic OH excluding ortho intramolecular Hbond substituents is 1. The van der Waals surface area contributed by atoms with Gasteiger partial charge in [-0.1, -0.05) is 11.2 Å². The van der Waals surface area contributed by atoms with Crippen LogP contribution in [0.3, 0.4) is 0 Å². The molecule has 2 aromatic heterocycles. The van der Waals surface area contributed by atoms with Crippen LogP contribution in [0, 0.1) is 0 Å². The summed E-state index contributed by atoms with van der Waals surface area (Å²) in [4.78, 5) is 7.24. The molecule has 92 valence electrons. The van der Waals surface area contributed by atoms with Crippen molar-refractivity contribution in [3.63, 3.8) is 0 Å². The Bertz CT molecular complexity index is 686. The predicted octanol–water partition coefficient (Wildman–Crippen LogP) is 1.31. The summed E-state index contributed by atoms with van der Waals surface area (Å²) in [6.45, 7) is 0.253. The molecular weight excluding hydrogens is 232 g/mol. The number of nitrogens with zero attached hydrogens (tertiary/aromatic N) is 2. The summed E-state index contributed by atoms with van der Waals surface area (Å²) in [5.41, 5.74) is 7.21. The molecule has 0 atom stereocenters. The third-order valence-electron chi connectivity index (χ3n) is 2.80. The average Bonchev–Trinajstić information content (AvgIpc) is 2.98. The largest absolute Gasteiger partial charge is 0.507 e. The third kappa shape index (κ3) is 1.72. The maximum absolute atomic E-state index is 9.86. The number of rotatable bonds is 3. The normalized spacial score (nSPS) is 11.2. The molecule has 3 aromatic rings. The molecule has 6 heteroatoms. The van der Waals surface area contributed by atoms with E-state index < -0.39 is 0 Å². The number of aromatic amines is 1. The predicted molar refractivity (Wildman–Crippen MR) is 65.0 cm³/mol. The maximum atomic E-state index is 9.86. The molecule has 0 radical (unpaired) electrons. The minimum absolute atomic E-state index is 0.238. The van der Waals surface area contributed by atoms with Gasteiger partial charge in [0.1, 0.15) is 5.75 Å². The number of nitrogens with one attached hydrogen (secondary N) is 1. The minimum atomic E-state index is 0.238. The van der Waals surface area contributed by atoms with Crippen molar-refractivity contribution < 1.29 is 9.63 Å². The number of phenols is 1. The van der Waals surface area contributed by atoms with Crippen molar-refractivity contribution in [3.8, 4) is 5.75 Å². The molecule has 6 nitrogen and oxygen atoms in total. The highest BCUT2D eigenvalue weighted by Gasteiger charge is 2.12. The zero-order chi connectivity index (χ0) is 12.5. The number of H-pyrrole nitrogens is 1. The van der Waals surface area contributed by atoms with E-state index in [1.54, 1.807) is 12.1 Å². The molecule has 3 rings (SSSR count). The van der Waals surface area contributed by atoms with Gasteiger partial charge in [-0.3, -0.25) is 0 Å². The smallest absolute Gasteiger partial charge is 0.231 e. The van der Waals surface area contributed by atoms with Crippen molar-refractivity contribution in [3.05, 3.63) is 41.7 Å². The van der Waals surface area contributed by atoms with Crippen LogP contribution in [0.1, 0.15) is 17.3 Å². The number of nitrogens with two attached hydrogens (primary N) is 1. The van der Waals surface area contributed by atoms with Crippen molar-refractivity contribution in [2.24, 2.45) is 5.73 Å². The SMILES string of the molecule is NCc1noc(Cc2c[nH]c3cccc(O)c23)n1. The molecule has 0 unspecified atom stereocenters. The molecule has 0 saturated carbocycles. The lowest BCUT2D eigenvalue weighted by molar-refractivity contribution is 0.379. The highest BCUT2D eigenvalue weighted by Crippen LogP contribution is 2.28. The van der Waals surface area contributed by atoms with Crippen LogP contribution in [0.25, 0.3) is 10.9 Å². The quantitative estimate of drug-likeness (QED) is 0.644. The number of fused-ring (bicyclic) bond motifs is 1. The Hall–Kier alpha value is -2.34. The van der Waals surface area contributed by atoms with Gasteiger partial charge >= 0.3 is 0 Å². The van der Waals surface area contributed by atoms with E-state index in [-0.39, 0.29) is 12.3 Å². The van der Waals surface area contributed by atoms with Crippen molar-refractivity contribution in [1.82, 2.24) is 15.1 Å². The number of hydrogen-bond acceptors (Lipinski definition) is 5. The second kappa shape index (κ2) is 4.15. The van der Waals surface area contributed by atoms with Gasteiger partial charge in [-0.25, -0.2) is 0 Å². The highest BCUT2D eigenvalue weighted by atomic mass is 16.5. The topological polar surface area (TPSA) is 101 Å². The van der Waals surface area contributed by atoms with Gasteiger partial charge in [0, 0.05) is 17.1 Å². The van der Waals surface area contributed by atoms with Crippen molar-refractivity contribution in [2.75, 3.05) is 0 Å². The van der Waals surface area contributed by atoms with E-state index >= 15 is 0 Å². The molecule has 1 aromatic carbocycles. The fourth-order valence-electron chi connectivity index (χ4n) is 1.98. The van der Waals surface area contributed by atoms with E-state index in [1.165, 1.54) is 0 Å². The Kier molecular flexibility index (Phi) is 2.49. The number of benzene rings is 1. The molecule has 4 N–H and O–H groups in total. The van der Waals surface area contributed by atoms with Gasteiger partial charge in [-0.2, -0.15) is 4.98 Å². The Morgan fingerprint density at radius 3 is 3.06 bits per heavy atom. The van der Waals surface area contributed by atoms with Gasteiger partial charge in [-0.05, 0) is 17.7 Å². The zero-order valence-electron chi connectivity index (χ0n) is 9.55. The van der Waals surface area contributed by atoms with Crippen molar-refractivity contribution in [1.29, 1.82) is 0 Å². The molecule has 18 heavy (non-hydrogen) atoms. The maximum Gasteiger partial charge on any atom is 0.231 e. The standard InChI is InChI=1S/C12H12N4O2/c13-5-10-15-11(18-16-10)4-7-6-14-8-2-1-3-9(17)12(7)8/h1-3,6,14,17H,4-5,13H2. The lowest BCUT2D eigenvalue weighted by atomic mass is 10.1. The molecule has 0 bridgehead atoms. The van der Waals surface area contributed by atoms with Gasteiger partial charge in [0.25, 0.3) is 0 Å². The molecule has 0 aliphatic heterocycles. The summed E-state index contributed by atoms with van der Waals surface area (Å²) < 4.78 is 5.08. The fraction of sp³-hybridized carbons (Fsp3) is 0.167. The average molecular weight is 244 g/mol. The summed E-state index contributed by atoms with van der Waals surface area (Å²) in [7, 11) is 0. The van der Waals surface area contributed by atoms with Gasteiger partial charge < -0.3 is 20.3 Å². The van der Waals surface area contributed by atoms with E-state index in [1.807, 2.05) is 12.3 Å². The Balaban J connectivity index is 1.99. The van der Waals surface area contributed by atoms with Crippen LogP contribution in [-0.4, -0.2) is 20.2 Å². The summed E-state index contributed by atoms with van der Waals surface area (Å²) >= 11 is 0. The molecule has 0 amide bonds. The minimum Gasteiger partial charge on any atom is -0.507 e. The van der Waals surface area contributed by atoms with Gasteiger partial charge in [-0.15, -0.1) is 0 Å². The summed E-state index contributed by atoms with van der Waals surface area (Å²) in [5, 5.41) is 14.4. The second-order valence-electron chi connectivity index (χ2n) is 4.00. The molecule has 0 aliphatic carbocycles. The van der Waals surface area contributed by atoms with Crippen molar-refractivity contribution in [2.45, 2.75) is 13.0 Å². The number of hydrogen-bond donors (Lipinski definition) is 3. The van der Waals surface area contributed by atoms with E-state index in [9.17, 15) is 5.11 Å². The van der Waals surface area contributed by atoms with E-state index in [0.717, 1.165) is 16.5 Å². The van der Waals surface area contributed by atoms with Gasteiger partial charge in [0.15, 0.2) is 5.82 Å². The third-order valence-corrected chi connectivity index (χ3v) is 2.80. The van der Waals surface area contributed by atoms with Crippen LogP contribution in [-0.2, 0) is 13.0 Å². The molecule has 0 aliphatic rings. The molecule has 0 saturated heterocycles. The van der Waals surface area contributed by atoms with Crippen LogP contribution < -0.4 is 5.73 Å². The molecule has 2 heterocycles. The fourth-order valence-corrected chi connectivity index (χ4v) is 1.98. The van der Waals surface area contributed by atoms with Crippen molar-refractivity contribution >= 4 is 10.9 Å². The second-order valence-corrected chi connectivity index (χ2v) is 4.00. The lowest BCUT2D eigenvalue weighted by Crippen LogP contribution is -1.98. The first-order valence-electron chi connectivity index (χ1n) is 5.57. The lowest BCUT2D eigenvalue weighted by Gasteiger charge is -1.97. The first kappa shape index (κ1) is 10.8. The van der Waals surface area contributed by atoms with E-state index in [4.69, 9.17) is 10.3 Å². The first-order valence-corrected chi connectivity index (χ1v) is 5.57. The highest BCUT2D eigenvalue weighted by molar-refractivity contribution is 5.89. The Morgan fingerprint density at radius 1 is 1.39 bits per heavy atom. The van der Waals surface area contributed by atoms with Crippen LogP contribution in [0.4, 0.5) is 0 Å². The van der Waals surface area contributed by atoms with Crippen LogP contribution in [0.5, 0.6) is 5.75 Å².